The fourth-order valence-electron chi connectivity index (χ4n) is 1.83. The minimum atomic E-state index is 0.288. The van der Waals surface area contributed by atoms with Crippen LogP contribution in [-0.4, -0.2) is 17.7 Å². The molecule has 0 heterocycles. The van der Waals surface area contributed by atoms with Gasteiger partial charge in [0.25, 0.3) is 0 Å². The monoisotopic (exact) mass is 150 g/mol. The van der Waals surface area contributed by atoms with Gasteiger partial charge in [-0.25, -0.2) is 0 Å². The molecular weight excluding hydrogens is 139 g/mol. The van der Waals surface area contributed by atoms with Gasteiger partial charge in [0, 0.05) is 0 Å². The summed E-state index contributed by atoms with van der Waals surface area (Å²) in [6.07, 6.45) is 5.73. The molecule has 0 N–H and O–H groups in total. The molecule has 0 aromatic heterocycles. The van der Waals surface area contributed by atoms with E-state index >= 15 is 0 Å². The van der Waals surface area contributed by atoms with Crippen molar-refractivity contribution < 1.29 is 0 Å². The molecule has 1 aromatic rings. The van der Waals surface area contributed by atoms with Crippen LogP contribution in [0.15, 0.2) is 30.3 Å². The first-order valence-electron chi connectivity index (χ1n) is 4.55. The van der Waals surface area contributed by atoms with Crippen molar-refractivity contribution in [3.63, 3.8) is 0 Å². The summed E-state index contributed by atoms with van der Waals surface area (Å²) >= 11 is 2.30. The summed E-state index contributed by atoms with van der Waals surface area (Å²) in [6.45, 7) is 2.24. The van der Waals surface area contributed by atoms with Crippen LogP contribution in [-0.2, 0) is 4.09 Å². The number of allylic oxidation sites excluding steroid dienone is 1. The molecule has 0 amide bonds. The molecule has 0 fully saturated rings. The molecule has 0 saturated carbocycles. The van der Waals surface area contributed by atoms with Gasteiger partial charge in [-0.3, -0.25) is 0 Å². The summed E-state index contributed by atoms with van der Waals surface area (Å²) in [4.78, 5) is 0. The zero-order valence-corrected chi connectivity index (χ0v) is 7.67. The molecule has 0 nitrogen and oxygen atoms in total. The molecule has 0 bridgehead atoms. The van der Waals surface area contributed by atoms with E-state index in [2.05, 4.69) is 61.1 Å². The SMILES string of the molecule is [Li][C]1(CC)C=Cc2ccccc21. The third-order valence-electron chi connectivity index (χ3n) is 2.94. The van der Waals surface area contributed by atoms with E-state index in [4.69, 9.17) is 0 Å². The summed E-state index contributed by atoms with van der Waals surface area (Å²) in [5.41, 5.74) is 2.87. The fourth-order valence-corrected chi connectivity index (χ4v) is 1.83. The summed E-state index contributed by atoms with van der Waals surface area (Å²) in [6, 6.07) is 8.65. The number of hydrogen-bond donors (Lipinski definition) is 0. The molecule has 12 heavy (non-hydrogen) atoms. The Labute approximate surface area is 82.9 Å². The van der Waals surface area contributed by atoms with Crippen LogP contribution in [0.3, 0.4) is 0 Å². The molecule has 1 aliphatic rings. The van der Waals surface area contributed by atoms with Gasteiger partial charge in [-0.2, -0.15) is 0 Å². The van der Waals surface area contributed by atoms with Crippen LogP contribution in [0, 0.1) is 0 Å². The van der Waals surface area contributed by atoms with Crippen molar-refractivity contribution in [1.82, 2.24) is 0 Å². The van der Waals surface area contributed by atoms with Gasteiger partial charge >= 0.3 is 82.7 Å². The van der Waals surface area contributed by atoms with Crippen molar-refractivity contribution in [3.05, 3.63) is 41.5 Å². The minimum absolute atomic E-state index is 0.288. The predicted octanol–water partition coefficient (Wildman–Crippen LogP) is 2.49. The van der Waals surface area contributed by atoms with Gasteiger partial charge in [0.1, 0.15) is 0 Å². The normalized spacial score (nSPS) is 25.9. The van der Waals surface area contributed by atoms with E-state index in [1.807, 2.05) is 0 Å². The second kappa shape index (κ2) is 2.80. The van der Waals surface area contributed by atoms with Crippen LogP contribution in [0.5, 0.6) is 0 Å². The number of fused-ring (bicyclic) bond motifs is 1. The van der Waals surface area contributed by atoms with E-state index in [1.165, 1.54) is 17.5 Å². The van der Waals surface area contributed by atoms with Gasteiger partial charge in [0.15, 0.2) is 0 Å². The van der Waals surface area contributed by atoms with Crippen LogP contribution in [0.25, 0.3) is 6.08 Å². The number of hydrogen-bond acceptors (Lipinski definition) is 0. The molecular formula is C11H11Li. The van der Waals surface area contributed by atoms with Gasteiger partial charge in [-0.15, -0.1) is 0 Å². The van der Waals surface area contributed by atoms with Crippen molar-refractivity contribution in [2.45, 2.75) is 17.4 Å². The van der Waals surface area contributed by atoms with Crippen molar-refractivity contribution in [2.75, 3.05) is 0 Å². The molecule has 0 saturated heterocycles. The molecule has 0 spiro atoms. The van der Waals surface area contributed by atoms with Crippen molar-refractivity contribution >= 4 is 23.8 Å². The first kappa shape index (κ1) is 8.17. The van der Waals surface area contributed by atoms with Gasteiger partial charge in [0.2, 0.25) is 0 Å². The average Bonchev–Trinajstić information content (AvgIpc) is 2.46. The molecule has 1 atom stereocenters. The summed E-state index contributed by atoms with van der Waals surface area (Å²) in [5.74, 6) is 0. The van der Waals surface area contributed by atoms with Gasteiger partial charge in [-0.05, 0) is 0 Å². The predicted molar refractivity (Wildman–Crippen MR) is 53.2 cm³/mol. The Morgan fingerprint density at radius 3 is 2.83 bits per heavy atom. The van der Waals surface area contributed by atoms with E-state index in [-0.39, 0.29) is 4.09 Å². The van der Waals surface area contributed by atoms with E-state index in [1.54, 1.807) is 0 Å². The number of benzene rings is 1. The molecule has 1 unspecified atom stereocenters. The van der Waals surface area contributed by atoms with E-state index in [0.29, 0.717) is 0 Å². The standard InChI is InChI=1S/C11H11.Li/c1-2-9-7-8-10-5-3-4-6-11(9)10;/h3-8H,2H2,1H3;. The topological polar surface area (TPSA) is 0 Å². The molecule has 56 valence electrons. The van der Waals surface area contributed by atoms with Crippen LogP contribution >= 0.6 is 0 Å². The third-order valence-corrected chi connectivity index (χ3v) is 2.94. The second-order valence-corrected chi connectivity index (χ2v) is 3.69. The molecule has 0 aliphatic heterocycles. The zero-order valence-electron chi connectivity index (χ0n) is 7.67. The Kier molecular flexibility index (Phi) is 1.91. The molecule has 1 heteroatoms. The van der Waals surface area contributed by atoms with Crippen LogP contribution in [0.2, 0.25) is 0 Å². The van der Waals surface area contributed by atoms with Crippen molar-refractivity contribution in [2.24, 2.45) is 0 Å². The third kappa shape index (κ3) is 1.07. The Morgan fingerprint density at radius 2 is 2.08 bits per heavy atom. The second-order valence-electron chi connectivity index (χ2n) is 3.69. The average molecular weight is 150 g/mol. The molecule has 0 radical (unpaired) electrons. The Morgan fingerprint density at radius 1 is 1.33 bits per heavy atom. The zero-order chi connectivity index (χ0) is 8.60. The quantitative estimate of drug-likeness (QED) is 0.539. The van der Waals surface area contributed by atoms with Gasteiger partial charge in [0.05, 0.1) is 0 Å². The van der Waals surface area contributed by atoms with E-state index in [0.717, 1.165) is 0 Å². The van der Waals surface area contributed by atoms with Crippen LogP contribution < -0.4 is 0 Å². The maximum atomic E-state index is 2.32. The first-order chi connectivity index (χ1) is 5.76. The maximum absolute atomic E-state index is 2.32. The van der Waals surface area contributed by atoms with Gasteiger partial charge in [-0.1, -0.05) is 0 Å². The summed E-state index contributed by atoms with van der Waals surface area (Å²) < 4.78 is 0.288. The van der Waals surface area contributed by atoms with Crippen LogP contribution in [0.4, 0.5) is 0 Å². The summed E-state index contributed by atoms with van der Waals surface area (Å²) in [7, 11) is 0. The van der Waals surface area contributed by atoms with Crippen LogP contribution in [0.1, 0.15) is 24.5 Å². The first-order valence-corrected chi connectivity index (χ1v) is 4.55. The Balaban J connectivity index is 2.56. The number of rotatable bonds is 1. The molecule has 2 rings (SSSR count). The van der Waals surface area contributed by atoms with Crippen molar-refractivity contribution in [3.8, 4) is 0 Å². The van der Waals surface area contributed by atoms with E-state index < -0.39 is 0 Å². The van der Waals surface area contributed by atoms with E-state index in [9.17, 15) is 0 Å². The van der Waals surface area contributed by atoms with Gasteiger partial charge < -0.3 is 0 Å². The summed E-state index contributed by atoms with van der Waals surface area (Å²) in [5, 5.41) is 0. The Bertz CT molecular complexity index is 328. The molecule has 1 aliphatic carbocycles. The Hall–Kier alpha value is -0.443. The van der Waals surface area contributed by atoms with Crippen molar-refractivity contribution in [1.29, 1.82) is 0 Å². The molecule has 1 aromatic carbocycles. The fraction of sp³-hybridized carbons (Fsp3) is 0.273.